The number of fused-ring (bicyclic) bond motifs is 1. The van der Waals surface area contributed by atoms with Gasteiger partial charge < -0.3 is 25.0 Å². The average Bonchev–Trinajstić information content (AvgIpc) is 3.40. The lowest BCUT2D eigenvalue weighted by Crippen LogP contribution is -2.38. The van der Waals surface area contributed by atoms with Gasteiger partial charge in [0.15, 0.2) is 5.96 Å². The normalized spacial score (nSPS) is 18.7. The third-order valence-electron chi connectivity index (χ3n) is 5.21. The molecule has 0 aliphatic carbocycles. The highest BCUT2D eigenvalue weighted by molar-refractivity contribution is 5.80. The van der Waals surface area contributed by atoms with Gasteiger partial charge >= 0.3 is 0 Å². The van der Waals surface area contributed by atoms with Gasteiger partial charge in [0, 0.05) is 52.4 Å². The smallest absolute Gasteiger partial charge is 0.223 e. The molecule has 0 saturated carbocycles. The molecule has 0 aromatic heterocycles. The van der Waals surface area contributed by atoms with E-state index in [9.17, 15) is 4.79 Å². The summed E-state index contributed by atoms with van der Waals surface area (Å²) >= 11 is 0. The molecule has 2 N–H and O–H groups in total. The van der Waals surface area contributed by atoms with E-state index in [2.05, 4.69) is 34.7 Å². The topological polar surface area (TPSA) is 75.2 Å². The first-order valence-electron chi connectivity index (χ1n) is 10.8. The minimum absolute atomic E-state index is 0.211. The molecule has 2 aliphatic heterocycles. The summed E-state index contributed by atoms with van der Waals surface area (Å²) in [5, 5.41) is 6.59. The van der Waals surface area contributed by atoms with Crippen molar-refractivity contribution in [2.75, 3.05) is 39.5 Å². The van der Waals surface area contributed by atoms with E-state index in [1.165, 1.54) is 11.1 Å². The second kappa shape index (κ2) is 11.8. The van der Waals surface area contributed by atoms with Crippen molar-refractivity contribution in [3.8, 4) is 0 Å². The molecule has 1 atom stereocenters. The van der Waals surface area contributed by atoms with Crippen molar-refractivity contribution in [2.24, 2.45) is 4.99 Å². The van der Waals surface area contributed by atoms with Gasteiger partial charge in [0.1, 0.15) is 0 Å². The van der Waals surface area contributed by atoms with E-state index >= 15 is 0 Å². The maximum Gasteiger partial charge on any atom is 0.223 e. The fraction of sp³-hybridized carbons (Fsp3) is 0.636. The second-order valence-corrected chi connectivity index (χ2v) is 7.52. The van der Waals surface area contributed by atoms with Crippen molar-refractivity contribution in [1.29, 1.82) is 0 Å². The van der Waals surface area contributed by atoms with Crippen LogP contribution in [0.1, 0.15) is 43.7 Å². The standard InChI is InChI=1S/C22H34N4O3/c1-2-23-22(25-12-6-13-29-20-10-14-28-17-20)24-11-5-9-21(27)26-15-18-7-3-4-8-19(18)16-26/h3-4,7-8,20H,2,5-6,9-17H2,1H3,(H2,23,24,25). The molecule has 160 valence electrons. The summed E-state index contributed by atoms with van der Waals surface area (Å²) in [6.07, 6.45) is 3.48. The van der Waals surface area contributed by atoms with Gasteiger partial charge in [0.2, 0.25) is 5.91 Å². The number of hydrogen-bond acceptors (Lipinski definition) is 4. The lowest BCUT2D eigenvalue weighted by Gasteiger charge is -2.15. The lowest BCUT2D eigenvalue weighted by molar-refractivity contribution is -0.131. The Labute approximate surface area is 173 Å². The van der Waals surface area contributed by atoms with Crippen molar-refractivity contribution < 1.29 is 14.3 Å². The molecule has 1 fully saturated rings. The molecule has 1 unspecified atom stereocenters. The van der Waals surface area contributed by atoms with Gasteiger partial charge in [-0.15, -0.1) is 0 Å². The van der Waals surface area contributed by atoms with Crippen molar-refractivity contribution in [2.45, 2.75) is 51.8 Å². The van der Waals surface area contributed by atoms with Crippen molar-refractivity contribution in [3.05, 3.63) is 35.4 Å². The highest BCUT2D eigenvalue weighted by atomic mass is 16.5. The Morgan fingerprint density at radius 3 is 2.72 bits per heavy atom. The summed E-state index contributed by atoms with van der Waals surface area (Å²) in [6, 6.07) is 8.28. The molecule has 1 aromatic carbocycles. The number of benzene rings is 1. The summed E-state index contributed by atoms with van der Waals surface area (Å²) in [4.78, 5) is 19.0. The molecule has 2 heterocycles. The summed E-state index contributed by atoms with van der Waals surface area (Å²) in [5.74, 6) is 1.01. The predicted octanol–water partition coefficient (Wildman–Crippen LogP) is 2.06. The molecule has 3 rings (SSSR count). The number of amides is 1. The Hall–Kier alpha value is -2.12. The first-order valence-corrected chi connectivity index (χ1v) is 10.8. The highest BCUT2D eigenvalue weighted by Gasteiger charge is 2.22. The summed E-state index contributed by atoms with van der Waals surface area (Å²) in [6.45, 7) is 8.04. The molecular formula is C22H34N4O3. The van der Waals surface area contributed by atoms with Crippen LogP contribution in [-0.4, -0.2) is 62.3 Å². The maximum atomic E-state index is 12.5. The van der Waals surface area contributed by atoms with Gasteiger partial charge in [-0.3, -0.25) is 9.79 Å². The van der Waals surface area contributed by atoms with Crippen LogP contribution in [0.15, 0.2) is 29.3 Å². The molecule has 29 heavy (non-hydrogen) atoms. The molecule has 0 bridgehead atoms. The zero-order valence-corrected chi connectivity index (χ0v) is 17.5. The minimum atomic E-state index is 0.211. The number of ether oxygens (including phenoxy) is 2. The second-order valence-electron chi connectivity index (χ2n) is 7.52. The maximum absolute atomic E-state index is 12.5. The Kier molecular flexibility index (Phi) is 8.77. The molecule has 1 aromatic rings. The van der Waals surface area contributed by atoms with Gasteiger partial charge in [-0.2, -0.15) is 0 Å². The van der Waals surface area contributed by atoms with E-state index in [1.54, 1.807) is 0 Å². The number of carbonyl (C=O) groups is 1. The number of aliphatic imine (C=N–C) groups is 1. The van der Waals surface area contributed by atoms with Crippen molar-refractivity contribution >= 4 is 11.9 Å². The summed E-state index contributed by atoms with van der Waals surface area (Å²) < 4.78 is 11.1. The fourth-order valence-corrected chi connectivity index (χ4v) is 3.60. The number of hydrogen-bond donors (Lipinski definition) is 2. The molecule has 2 aliphatic rings. The quantitative estimate of drug-likeness (QED) is 0.356. The Bertz CT molecular complexity index is 649. The van der Waals surface area contributed by atoms with E-state index in [4.69, 9.17) is 9.47 Å². The third kappa shape index (κ3) is 7.01. The predicted molar refractivity (Wildman–Crippen MR) is 114 cm³/mol. The fourth-order valence-electron chi connectivity index (χ4n) is 3.60. The van der Waals surface area contributed by atoms with E-state index in [0.717, 1.165) is 71.2 Å². The lowest BCUT2D eigenvalue weighted by atomic mass is 10.1. The molecule has 7 nitrogen and oxygen atoms in total. The molecule has 0 radical (unpaired) electrons. The largest absolute Gasteiger partial charge is 0.379 e. The van der Waals surface area contributed by atoms with Crippen LogP contribution < -0.4 is 10.6 Å². The highest BCUT2D eigenvalue weighted by Crippen LogP contribution is 2.22. The van der Waals surface area contributed by atoms with Crippen LogP contribution >= 0.6 is 0 Å². The van der Waals surface area contributed by atoms with Crippen LogP contribution in [-0.2, 0) is 27.4 Å². The van der Waals surface area contributed by atoms with Crippen LogP contribution in [0.25, 0.3) is 0 Å². The van der Waals surface area contributed by atoms with Gasteiger partial charge in [0.05, 0.1) is 12.7 Å². The van der Waals surface area contributed by atoms with E-state index in [0.29, 0.717) is 13.0 Å². The van der Waals surface area contributed by atoms with E-state index in [-0.39, 0.29) is 12.0 Å². The van der Waals surface area contributed by atoms with Gasteiger partial charge in [-0.1, -0.05) is 24.3 Å². The Morgan fingerprint density at radius 1 is 1.24 bits per heavy atom. The van der Waals surface area contributed by atoms with Crippen LogP contribution in [0.4, 0.5) is 0 Å². The van der Waals surface area contributed by atoms with Crippen LogP contribution in [0.2, 0.25) is 0 Å². The zero-order valence-electron chi connectivity index (χ0n) is 17.5. The number of nitrogens with one attached hydrogen (secondary N) is 2. The third-order valence-corrected chi connectivity index (χ3v) is 5.21. The van der Waals surface area contributed by atoms with Crippen LogP contribution in [0, 0.1) is 0 Å². The molecule has 1 amide bonds. The van der Waals surface area contributed by atoms with E-state index < -0.39 is 0 Å². The number of guanidine groups is 1. The summed E-state index contributed by atoms with van der Waals surface area (Å²) in [7, 11) is 0. The van der Waals surface area contributed by atoms with Crippen LogP contribution in [0.5, 0.6) is 0 Å². The van der Waals surface area contributed by atoms with Gasteiger partial charge in [-0.05, 0) is 37.3 Å². The van der Waals surface area contributed by atoms with Gasteiger partial charge in [0.25, 0.3) is 0 Å². The van der Waals surface area contributed by atoms with Crippen molar-refractivity contribution in [3.63, 3.8) is 0 Å². The Morgan fingerprint density at radius 2 is 2.03 bits per heavy atom. The number of nitrogens with zero attached hydrogens (tertiary/aromatic N) is 2. The summed E-state index contributed by atoms with van der Waals surface area (Å²) in [5.41, 5.74) is 2.53. The van der Waals surface area contributed by atoms with Gasteiger partial charge in [-0.25, -0.2) is 0 Å². The SMILES string of the molecule is CCNC(=NCCCC(=O)N1Cc2ccccc2C1)NCCCOC1CCOC1. The molecule has 7 heteroatoms. The zero-order chi connectivity index (χ0) is 20.3. The molecular weight excluding hydrogens is 368 g/mol. The average molecular weight is 403 g/mol. The minimum Gasteiger partial charge on any atom is -0.379 e. The first kappa shape index (κ1) is 21.6. The van der Waals surface area contributed by atoms with Crippen LogP contribution in [0.3, 0.4) is 0 Å². The Balaban J connectivity index is 1.30. The molecule has 0 spiro atoms. The monoisotopic (exact) mass is 402 g/mol. The van der Waals surface area contributed by atoms with E-state index in [1.807, 2.05) is 17.0 Å². The number of carbonyl (C=O) groups excluding carboxylic acids is 1. The number of rotatable bonds is 10. The van der Waals surface area contributed by atoms with Crippen molar-refractivity contribution in [1.82, 2.24) is 15.5 Å². The molecule has 1 saturated heterocycles. The first-order chi connectivity index (χ1) is 14.3.